The molecule has 2 aromatic heterocycles. The van der Waals surface area contributed by atoms with Gasteiger partial charge in [-0.25, -0.2) is 13.8 Å². The Labute approximate surface area is 213 Å². The second-order valence-electron chi connectivity index (χ2n) is 8.58. The van der Waals surface area contributed by atoms with Gasteiger partial charge in [-0.1, -0.05) is 0 Å². The highest BCUT2D eigenvalue weighted by Crippen LogP contribution is 2.29. The predicted octanol–water partition coefficient (Wildman–Crippen LogP) is 5.06. The second-order valence-corrected chi connectivity index (χ2v) is 9.44. The SMILES string of the molecule is Cc1nsc(Cc2cnc(C(F)(F)F)cn2)c1C(=O)Nc1ccc(OC2CCN(CCF)CC2)c(F)c1. The maximum absolute atomic E-state index is 14.7. The fraction of sp³-hybridized carbons (Fsp3) is 0.417. The zero-order valence-corrected chi connectivity index (χ0v) is 20.6. The fourth-order valence-electron chi connectivity index (χ4n) is 4.00. The van der Waals surface area contributed by atoms with E-state index in [4.69, 9.17) is 4.74 Å². The lowest BCUT2D eigenvalue weighted by atomic mass is 10.1. The number of benzene rings is 1. The second kappa shape index (κ2) is 11.5. The first-order valence-corrected chi connectivity index (χ1v) is 12.3. The van der Waals surface area contributed by atoms with Gasteiger partial charge in [0.25, 0.3) is 5.91 Å². The molecule has 1 fully saturated rings. The smallest absolute Gasteiger partial charge is 0.434 e. The molecule has 37 heavy (non-hydrogen) atoms. The molecule has 198 valence electrons. The monoisotopic (exact) mass is 541 g/mol. The van der Waals surface area contributed by atoms with Crippen molar-refractivity contribution in [3.05, 3.63) is 63.9 Å². The maximum Gasteiger partial charge on any atom is 0.434 e. The lowest BCUT2D eigenvalue weighted by Crippen LogP contribution is -2.39. The molecule has 0 saturated carbocycles. The minimum atomic E-state index is -4.60. The standard InChI is InChI=1S/C24H24F5N5O2S/c1-14-22(20(37-33-14)11-16-12-31-21(13-30-16)24(27,28)29)23(35)32-15-2-3-19(18(26)10-15)36-17-4-7-34(8-5-17)9-6-25/h2-3,10,12-13,17H,4-9,11H2,1H3,(H,32,35). The van der Waals surface area contributed by atoms with Crippen LogP contribution in [0.2, 0.25) is 0 Å². The average molecular weight is 542 g/mol. The molecule has 3 aromatic rings. The third kappa shape index (κ3) is 6.77. The van der Waals surface area contributed by atoms with Gasteiger partial charge in [0.2, 0.25) is 0 Å². The third-order valence-corrected chi connectivity index (χ3v) is 6.85. The number of hydrogen-bond donors (Lipinski definition) is 1. The van der Waals surface area contributed by atoms with Gasteiger partial charge in [-0.2, -0.15) is 17.5 Å². The molecule has 4 rings (SSSR count). The number of likely N-dealkylation sites (tertiary alicyclic amines) is 1. The summed E-state index contributed by atoms with van der Waals surface area (Å²) in [5, 5.41) is 2.64. The van der Waals surface area contributed by atoms with Gasteiger partial charge in [0.1, 0.15) is 12.8 Å². The van der Waals surface area contributed by atoms with Gasteiger partial charge >= 0.3 is 6.18 Å². The molecule has 1 N–H and O–H groups in total. The Hall–Kier alpha value is -3.19. The van der Waals surface area contributed by atoms with Crippen molar-refractivity contribution in [3.63, 3.8) is 0 Å². The van der Waals surface area contributed by atoms with Gasteiger partial charge in [-0.05, 0) is 43.4 Å². The Morgan fingerprint density at radius 1 is 1.22 bits per heavy atom. The molecule has 0 aliphatic carbocycles. The molecule has 3 heterocycles. The highest BCUT2D eigenvalue weighted by molar-refractivity contribution is 7.06. The van der Waals surface area contributed by atoms with Crippen LogP contribution in [0, 0.1) is 12.7 Å². The lowest BCUT2D eigenvalue weighted by molar-refractivity contribution is -0.141. The Bertz CT molecular complexity index is 1230. The molecule has 13 heteroatoms. The van der Waals surface area contributed by atoms with Crippen LogP contribution in [0.3, 0.4) is 0 Å². The van der Waals surface area contributed by atoms with Gasteiger partial charge in [0.05, 0.1) is 23.1 Å². The number of rotatable bonds is 8. The minimum Gasteiger partial charge on any atom is -0.487 e. The highest BCUT2D eigenvalue weighted by Gasteiger charge is 2.33. The van der Waals surface area contributed by atoms with Gasteiger partial charge in [0, 0.05) is 48.9 Å². The predicted molar refractivity (Wildman–Crippen MR) is 127 cm³/mol. The summed E-state index contributed by atoms with van der Waals surface area (Å²) in [4.78, 5) is 22.7. The zero-order chi connectivity index (χ0) is 26.6. The van der Waals surface area contributed by atoms with E-state index in [1.165, 1.54) is 12.1 Å². The van der Waals surface area contributed by atoms with Crippen LogP contribution in [0.1, 0.15) is 45.2 Å². The van der Waals surface area contributed by atoms with Crippen LogP contribution < -0.4 is 10.1 Å². The number of nitrogens with one attached hydrogen (secondary N) is 1. The van der Waals surface area contributed by atoms with Crippen molar-refractivity contribution >= 4 is 23.1 Å². The van der Waals surface area contributed by atoms with E-state index < -0.39 is 30.3 Å². The van der Waals surface area contributed by atoms with Crippen molar-refractivity contribution < 1.29 is 31.5 Å². The summed E-state index contributed by atoms with van der Waals surface area (Å²) < 4.78 is 75.3. The molecule has 1 aromatic carbocycles. The van der Waals surface area contributed by atoms with E-state index in [0.29, 0.717) is 49.2 Å². The topological polar surface area (TPSA) is 80.2 Å². The van der Waals surface area contributed by atoms with E-state index in [0.717, 1.165) is 23.8 Å². The molecule has 7 nitrogen and oxygen atoms in total. The molecule has 0 atom stereocenters. The van der Waals surface area contributed by atoms with Crippen molar-refractivity contribution in [1.29, 1.82) is 0 Å². The Morgan fingerprint density at radius 3 is 2.59 bits per heavy atom. The Balaban J connectivity index is 1.40. The van der Waals surface area contributed by atoms with Crippen LogP contribution in [0.4, 0.5) is 27.6 Å². The number of aryl methyl sites for hydroxylation is 1. The van der Waals surface area contributed by atoms with Gasteiger partial charge in [-0.15, -0.1) is 0 Å². The first kappa shape index (κ1) is 26.9. The number of carbonyl (C=O) groups is 1. The summed E-state index contributed by atoms with van der Waals surface area (Å²) in [5.41, 5.74) is 0.0167. The number of nitrogens with zero attached hydrogens (tertiary/aromatic N) is 4. The molecule has 0 spiro atoms. The lowest BCUT2D eigenvalue weighted by Gasteiger charge is -2.31. The Morgan fingerprint density at radius 2 is 1.97 bits per heavy atom. The summed E-state index contributed by atoms with van der Waals surface area (Å²) in [7, 11) is 0. The number of halogens is 5. The summed E-state index contributed by atoms with van der Waals surface area (Å²) in [6, 6.07) is 4.11. The number of hydrogen-bond acceptors (Lipinski definition) is 7. The Kier molecular flexibility index (Phi) is 8.32. The van der Waals surface area contributed by atoms with E-state index >= 15 is 0 Å². The molecule has 1 aliphatic rings. The van der Waals surface area contributed by atoms with Crippen LogP contribution in [0.5, 0.6) is 5.75 Å². The summed E-state index contributed by atoms with van der Waals surface area (Å²) in [6.45, 7) is 2.97. The third-order valence-electron chi connectivity index (χ3n) is 5.92. The number of alkyl halides is 4. The van der Waals surface area contributed by atoms with Crippen LogP contribution >= 0.6 is 11.5 Å². The number of carbonyl (C=O) groups excluding carboxylic acids is 1. The van der Waals surface area contributed by atoms with Crippen molar-refractivity contribution in [2.75, 3.05) is 31.6 Å². The summed E-state index contributed by atoms with van der Waals surface area (Å²) in [6.07, 6.45) is -1.74. The highest BCUT2D eigenvalue weighted by atomic mass is 32.1. The number of ether oxygens (including phenoxy) is 1. The average Bonchev–Trinajstić information content (AvgIpc) is 3.21. The fourth-order valence-corrected chi connectivity index (χ4v) is 4.89. The van der Waals surface area contributed by atoms with E-state index in [1.54, 1.807) is 6.92 Å². The molecular formula is C24H24F5N5O2S. The van der Waals surface area contributed by atoms with Crippen LogP contribution in [0.25, 0.3) is 0 Å². The van der Waals surface area contributed by atoms with Gasteiger partial charge < -0.3 is 15.0 Å². The van der Waals surface area contributed by atoms with Crippen molar-refractivity contribution in [1.82, 2.24) is 19.2 Å². The van der Waals surface area contributed by atoms with Gasteiger partial charge in [0.15, 0.2) is 17.3 Å². The molecule has 0 unspecified atom stereocenters. The molecule has 1 aliphatic heterocycles. The van der Waals surface area contributed by atoms with Crippen LogP contribution in [-0.4, -0.2) is 57.6 Å². The molecule has 1 amide bonds. The number of piperidine rings is 1. The van der Waals surface area contributed by atoms with Crippen molar-refractivity contribution in [3.8, 4) is 5.75 Å². The quantitative estimate of drug-likeness (QED) is 0.402. The van der Waals surface area contributed by atoms with E-state index in [1.807, 2.05) is 4.90 Å². The largest absolute Gasteiger partial charge is 0.487 e. The first-order valence-electron chi connectivity index (χ1n) is 11.5. The normalized spacial score (nSPS) is 15.1. The van der Waals surface area contributed by atoms with E-state index in [9.17, 15) is 26.7 Å². The summed E-state index contributed by atoms with van der Waals surface area (Å²) in [5.74, 6) is -1.10. The summed E-state index contributed by atoms with van der Waals surface area (Å²) >= 11 is 1.03. The van der Waals surface area contributed by atoms with E-state index in [2.05, 4.69) is 19.7 Å². The van der Waals surface area contributed by atoms with Crippen molar-refractivity contribution in [2.45, 2.75) is 38.5 Å². The van der Waals surface area contributed by atoms with Crippen LogP contribution in [0.15, 0.2) is 30.6 Å². The molecular weight excluding hydrogens is 517 g/mol. The van der Waals surface area contributed by atoms with E-state index in [-0.39, 0.29) is 35.2 Å². The molecule has 0 bridgehead atoms. The maximum atomic E-state index is 14.7. The minimum absolute atomic E-state index is 0.0602. The first-order chi connectivity index (χ1) is 17.6. The van der Waals surface area contributed by atoms with Crippen molar-refractivity contribution in [2.24, 2.45) is 0 Å². The number of amides is 1. The molecule has 0 radical (unpaired) electrons. The zero-order valence-electron chi connectivity index (χ0n) is 19.8. The number of anilines is 1. The van der Waals surface area contributed by atoms with Crippen LogP contribution in [-0.2, 0) is 12.6 Å². The van der Waals surface area contributed by atoms with Gasteiger partial charge in [-0.3, -0.25) is 9.78 Å². The molecule has 1 saturated heterocycles. The number of aromatic nitrogens is 3.